The van der Waals surface area contributed by atoms with Gasteiger partial charge in [-0.2, -0.15) is 13.2 Å². The van der Waals surface area contributed by atoms with Crippen LogP contribution in [0.25, 0.3) is 0 Å². The Balaban J connectivity index is 2.39. The van der Waals surface area contributed by atoms with Crippen LogP contribution in [0.3, 0.4) is 0 Å². The number of rotatable bonds is 5. The smallest absolute Gasteiger partial charge is 0.416 e. The molecule has 0 fully saturated rings. The zero-order valence-corrected chi connectivity index (χ0v) is 14.7. The summed E-state index contributed by atoms with van der Waals surface area (Å²) in [6.07, 6.45) is -4.54. The average molecular weight is 398 g/mol. The van der Waals surface area contributed by atoms with Crippen LogP contribution in [0.1, 0.15) is 32.8 Å². The third kappa shape index (κ3) is 8.11. The molecule has 0 bridgehead atoms. The predicted molar refractivity (Wildman–Crippen MR) is 83.5 cm³/mol. The Bertz CT molecular complexity index is 542. The highest BCUT2D eigenvalue weighted by atomic mass is 79.9. The number of nitrogens with one attached hydrogen (secondary N) is 1. The zero-order chi connectivity index (χ0) is 17.7. The number of alkyl carbamates (subject to hydrolysis) is 1. The molecule has 0 heterocycles. The van der Waals surface area contributed by atoms with Crippen LogP contribution in [-0.4, -0.2) is 24.8 Å². The second-order valence-electron chi connectivity index (χ2n) is 5.80. The summed E-state index contributed by atoms with van der Waals surface area (Å²) in [5, 5.41) is 2.54. The van der Waals surface area contributed by atoms with Crippen molar-refractivity contribution in [3.8, 4) is 5.75 Å². The quantitative estimate of drug-likeness (QED) is 0.728. The number of ether oxygens (including phenoxy) is 2. The average Bonchev–Trinajstić information content (AvgIpc) is 2.34. The van der Waals surface area contributed by atoms with Crippen molar-refractivity contribution in [3.05, 3.63) is 28.2 Å². The number of halogens is 4. The number of amides is 1. The van der Waals surface area contributed by atoms with E-state index in [0.717, 1.165) is 12.1 Å². The van der Waals surface area contributed by atoms with Gasteiger partial charge in [0.25, 0.3) is 0 Å². The third-order valence-corrected chi connectivity index (χ3v) is 2.91. The second kappa shape index (κ2) is 7.90. The predicted octanol–water partition coefficient (Wildman–Crippen LogP) is 4.76. The summed E-state index contributed by atoms with van der Waals surface area (Å²) in [4.78, 5) is 11.4. The van der Waals surface area contributed by atoms with Gasteiger partial charge in [-0.1, -0.05) is 15.9 Å². The Morgan fingerprint density at radius 2 is 1.87 bits per heavy atom. The molecule has 0 aromatic heterocycles. The summed E-state index contributed by atoms with van der Waals surface area (Å²) in [6, 6.07) is 3.37. The molecule has 1 aromatic rings. The van der Waals surface area contributed by atoms with Crippen molar-refractivity contribution in [2.24, 2.45) is 0 Å². The highest BCUT2D eigenvalue weighted by Crippen LogP contribution is 2.34. The molecule has 0 atom stereocenters. The molecule has 0 unspecified atom stereocenters. The minimum absolute atomic E-state index is 0.115. The Morgan fingerprint density at radius 3 is 2.43 bits per heavy atom. The molecule has 23 heavy (non-hydrogen) atoms. The Kier molecular flexibility index (Phi) is 6.73. The van der Waals surface area contributed by atoms with Crippen LogP contribution in [0, 0.1) is 0 Å². The lowest BCUT2D eigenvalue weighted by molar-refractivity contribution is -0.137. The maximum atomic E-state index is 12.7. The van der Waals surface area contributed by atoms with Gasteiger partial charge in [0.2, 0.25) is 0 Å². The number of hydrogen-bond acceptors (Lipinski definition) is 3. The summed E-state index contributed by atoms with van der Waals surface area (Å²) in [6.45, 7) is 5.72. The normalized spacial score (nSPS) is 12.0. The molecule has 0 aliphatic carbocycles. The molecule has 0 saturated carbocycles. The molecule has 4 nitrogen and oxygen atoms in total. The van der Waals surface area contributed by atoms with E-state index < -0.39 is 23.4 Å². The first kappa shape index (κ1) is 19.6. The van der Waals surface area contributed by atoms with Crippen molar-refractivity contribution in [1.29, 1.82) is 0 Å². The fourth-order valence-corrected chi connectivity index (χ4v) is 2.05. The first-order valence-corrected chi connectivity index (χ1v) is 7.74. The van der Waals surface area contributed by atoms with Gasteiger partial charge in [0, 0.05) is 11.0 Å². The molecule has 0 radical (unpaired) electrons. The second-order valence-corrected chi connectivity index (χ2v) is 6.72. The van der Waals surface area contributed by atoms with Gasteiger partial charge in [-0.3, -0.25) is 0 Å². The van der Waals surface area contributed by atoms with E-state index in [2.05, 4.69) is 21.2 Å². The van der Waals surface area contributed by atoms with Crippen LogP contribution in [0.5, 0.6) is 5.75 Å². The minimum atomic E-state index is -4.43. The van der Waals surface area contributed by atoms with Gasteiger partial charge in [0.05, 0.1) is 12.2 Å². The van der Waals surface area contributed by atoms with Gasteiger partial charge in [-0.15, -0.1) is 0 Å². The van der Waals surface area contributed by atoms with E-state index >= 15 is 0 Å². The van der Waals surface area contributed by atoms with Crippen molar-refractivity contribution in [2.75, 3.05) is 13.2 Å². The highest BCUT2D eigenvalue weighted by molar-refractivity contribution is 9.10. The monoisotopic (exact) mass is 397 g/mol. The number of carbonyl (C=O) groups excluding carboxylic acids is 1. The zero-order valence-electron chi connectivity index (χ0n) is 13.1. The van der Waals surface area contributed by atoms with Crippen LogP contribution in [0.4, 0.5) is 18.0 Å². The summed E-state index contributed by atoms with van der Waals surface area (Å²) >= 11 is 3.02. The lowest BCUT2D eigenvalue weighted by Crippen LogP contribution is -2.33. The molecule has 0 aliphatic rings. The molecule has 0 saturated heterocycles. The van der Waals surface area contributed by atoms with E-state index in [1.54, 1.807) is 20.8 Å². The van der Waals surface area contributed by atoms with E-state index in [1.165, 1.54) is 6.07 Å². The summed E-state index contributed by atoms with van der Waals surface area (Å²) < 4.78 is 48.7. The summed E-state index contributed by atoms with van der Waals surface area (Å²) in [5.74, 6) is 0.115. The number of hydrogen-bond donors (Lipinski definition) is 1. The van der Waals surface area contributed by atoms with E-state index in [1.807, 2.05) is 0 Å². The molecule has 130 valence electrons. The minimum Gasteiger partial charge on any atom is -0.493 e. The molecular weight excluding hydrogens is 379 g/mol. The Labute approximate surface area is 141 Å². The Hall–Kier alpha value is -1.44. The molecule has 0 spiro atoms. The van der Waals surface area contributed by atoms with Crippen molar-refractivity contribution in [2.45, 2.75) is 39.0 Å². The molecule has 1 aromatic carbocycles. The number of benzene rings is 1. The highest BCUT2D eigenvalue weighted by Gasteiger charge is 2.31. The molecule has 1 N–H and O–H groups in total. The van der Waals surface area contributed by atoms with Gasteiger partial charge in [0.15, 0.2) is 0 Å². The van der Waals surface area contributed by atoms with Crippen LogP contribution in [-0.2, 0) is 10.9 Å². The largest absolute Gasteiger partial charge is 0.493 e. The number of carbonyl (C=O) groups is 1. The topological polar surface area (TPSA) is 47.6 Å². The van der Waals surface area contributed by atoms with Crippen LogP contribution in [0.15, 0.2) is 22.7 Å². The molecule has 0 aliphatic heterocycles. The van der Waals surface area contributed by atoms with E-state index in [0.29, 0.717) is 13.0 Å². The van der Waals surface area contributed by atoms with Gasteiger partial charge in [-0.05, 0) is 45.4 Å². The van der Waals surface area contributed by atoms with Crippen molar-refractivity contribution < 1.29 is 27.4 Å². The van der Waals surface area contributed by atoms with Crippen LogP contribution in [0.2, 0.25) is 0 Å². The fourth-order valence-electron chi connectivity index (χ4n) is 1.58. The molecule has 1 rings (SSSR count). The molecule has 1 amide bonds. The fraction of sp³-hybridized carbons (Fsp3) is 0.533. The third-order valence-electron chi connectivity index (χ3n) is 2.46. The van der Waals surface area contributed by atoms with Gasteiger partial charge in [0.1, 0.15) is 11.4 Å². The number of alkyl halides is 3. The van der Waals surface area contributed by atoms with Crippen molar-refractivity contribution >= 4 is 22.0 Å². The van der Waals surface area contributed by atoms with E-state index in [9.17, 15) is 18.0 Å². The SMILES string of the molecule is CC(C)(C)OC(=O)NCCCOc1cc(Br)cc(C(F)(F)F)c1. The van der Waals surface area contributed by atoms with Crippen molar-refractivity contribution in [3.63, 3.8) is 0 Å². The lowest BCUT2D eigenvalue weighted by atomic mass is 10.2. The first-order valence-electron chi connectivity index (χ1n) is 6.95. The van der Waals surface area contributed by atoms with Gasteiger partial charge < -0.3 is 14.8 Å². The van der Waals surface area contributed by atoms with E-state index in [-0.39, 0.29) is 16.8 Å². The van der Waals surface area contributed by atoms with Crippen LogP contribution >= 0.6 is 15.9 Å². The van der Waals surface area contributed by atoms with Gasteiger partial charge >= 0.3 is 12.3 Å². The lowest BCUT2D eigenvalue weighted by Gasteiger charge is -2.19. The Morgan fingerprint density at radius 1 is 1.22 bits per heavy atom. The standard InChI is InChI=1S/C15H19BrF3NO3/c1-14(2,3)23-13(21)20-5-4-6-22-12-8-10(15(17,18)19)7-11(16)9-12/h7-9H,4-6H2,1-3H3,(H,20,21). The van der Waals surface area contributed by atoms with Crippen molar-refractivity contribution in [1.82, 2.24) is 5.32 Å². The first-order chi connectivity index (χ1) is 10.5. The van der Waals surface area contributed by atoms with E-state index in [4.69, 9.17) is 9.47 Å². The summed E-state index contributed by atoms with van der Waals surface area (Å²) in [5.41, 5.74) is -1.36. The summed E-state index contributed by atoms with van der Waals surface area (Å²) in [7, 11) is 0. The maximum absolute atomic E-state index is 12.7. The molecular formula is C15H19BrF3NO3. The van der Waals surface area contributed by atoms with Gasteiger partial charge in [-0.25, -0.2) is 4.79 Å². The van der Waals surface area contributed by atoms with Crippen LogP contribution < -0.4 is 10.1 Å². The molecule has 8 heteroatoms. The maximum Gasteiger partial charge on any atom is 0.416 e.